The maximum absolute atomic E-state index is 4.61. The SMILES string of the molecule is Cc1nn(C)c(C)c1-c1cn2ccsc2n1. The standard InChI is InChI=1S/C11H12N4S/c1-7-10(8(2)14(3)13-7)9-6-15-4-5-16-11(15)12-9/h4-6H,1-3H3. The lowest BCUT2D eigenvalue weighted by Crippen LogP contribution is -1.92. The van der Waals surface area contributed by atoms with Crippen LogP contribution < -0.4 is 0 Å². The van der Waals surface area contributed by atoms with Crippen LogP contribution in [-0.4, -0.2) is 19.2 Å². The molecule has 5 heteroatoms. The van der Waals surface area contributed by atoms with Crippen molar-refractivity contribution in [3.05, 3.63) is 29.2 Å². The van der Waals surface area contributed by atoms with Crippen LogP contribution in [0.15, 0.2) is 17.8 Å². The van der Waals surface area contributed by atoms with Gasteiger partial charge in [-0.2, -0.15) is 5.10 Å². The highest BCUT2D eigenvalue weighted by atomic mass is 32.1. The van der Waals surface area contributed by atoms with Gasteiger partial charge in [0.2, 0.25) is 0 Å². The number of aryl methyl sites for hydroxylation is 2. The van der Waals surface area contributed by atoms with E-state index in [1.807, 2.05) is 34.6 Å². The maximum Gasteiger partial charge on any atom is 0.194 e. The van der Waals surface area contributed by atoms with E-state index in [0.717, 1.165) is 27.6 Å². The molecule has 0 radical (unpaired) electrons. The van der Waals surface area contributed by atoms with E-state index in [0.29, 0.717) is 0 Å². The molecule has 3 aromatic heterocycles. The zero-order chi connectivity index (χ0) is 11.3. The first-order chi connectivity index (χ1) is 7.66. The summed E-state index contributed by atoms with van der Waals surface area (Å²) in [5, 5.41) is 6.45. The Balaban J connectivity index is 2.26. The molecule has 3 rings (SSSR count). The highest BCUT2D eigenvalue weighted by molar-refractivity contribution is 7.15. The molecule has 0 bridgehead atoms. The summed E-state index contributed by atoms with van der Waals surface area (Å²) in [7, 11) is 1.96. The number of nitrogens with zero attached hydrogens (tertiary/aromatic N) is 4. The number of hydrogen-bond acceptors (Lipinski definition) is 3. The Morgan fingerprint density at radius 3 is 2.75 bits per heavy atom. The van der Waals surface area contributed by atoms with E-state index in [1.54, 1.807) is 11.3 Å². The smallest absolute Gasteiger partial charge is 0.194 e. The van der Waals surface area contributed by atoms with Crippen molar-refractivity contribution in [1.29, 1.82) is 0 Å². The lowest BCUT2D eigenvalue weighted by molar-refractivity contribution is 0.731. The number of rotatable bonds is 1. The van der Waals surface area contributed by atoms with Crippen LogP contribution >= 0.6 is 11.3 Å². The van der Waals surface area contributed by atoms with Crippen molar-refractivity contribution in [3.8, 4) is 11.3 Å². The molecule has 0 amide bonds. The van der Waals surface area contributed by atoms with Gasteiger partial charge in [-0.1, -0.05) is 0 Å². The summed E-state index contributed by atoms with van der Waals surface area (Å²) in [4.78, 5) is 5.63. The van der Waals surface area contributed by atoms with Crippen LogP contribution in [-0.2, 0) is 7.05 Å². The van der Waals surface area contributed by atoms with Gasteiger partial charge < -0.3 is 0 Å². The number of aromatic nitrogens is 4. The van der Waals surface area contributed by atoms with Gasteiger partial charge in [-0.05, 0) is 13.8 Å². The Labute approximate surface area is 97.2 Å². The van der Waals surface area contributed by atoms with Crippen LogP contribution in [0.5, 0.6) is 0 Å². The molecule has 0 aromatic carbocycles. The largest absolute Gasteiger partial charge is 0.297 e. The Bertz CT molecular complexity index is 630. The van der Waals surface area contributed by atoms with Gasteiger partial charge >= 0.3 is 0 Å². The van der Waals surface area contributed by atoms with Crippen molar-refractivity contribution >= 4 is 16.3 Å². The maximum atomic E-state index is 4.61. The topological polar surface area (TPSA) is 35.1 Å². The summed E-state index contributed by atoms with van der Waals surface area (Å²) in [6, 6.07) is 0. The molecular formula is C11H12N4S. The van der Waals surface area contributed by atoms with Crippen molar-refractivity contribution < 1.29 is 0 Å². The molecule has 0 aliphatic heterocycles. The predicted molar refractivity (Wildman–Crippen MR) is 64.7 cm³/mol. The first-order valence-electron chi connectivity index (χ1n) is 5.09. The first kappa shape index (κ1) is 9.59. The minimum atomic E-state index is 1.01. The summed E-state index contributed by atoms with van der Waals surface area (Å²) in [5.41, 5.74) is 4.35. The van der Waals surface area contributed by atoms with Crippen molar-refractivity contribution in [3.63, 3.8) is 0 Å². The second-order valence-electron chi connectivity index (χ2n) is 3.89. The van der Waals surface area contributed by atoms with E-state index in [1.165, 1.54) is 0 Å². The fourth-order valence-corrected chi connectivity index (χ4v) is 2.69. The second kappa shape index (κ2) is 3.18. The van der Waals surface area contributed by atoms with Crippen molar-refractivity contribution in [2.45, 2.75) is 13.8 Å². The third-order valence-corrected chi connectivity index (χ3v) is 3.63. The molecule has 3 heterocycles. The molecule has 0 fully saturated rings. The van der Waals surface area contributed by atoms with Gasteiger partial charge in [0.05, 0.1) is 11.4 Å². The van der Waals surface area contributed by atoms with Crippen LogP contribution in [0.1, 0.15) is 11.4 Å². The van der Waals surface area contributed by atoms with E-state index >= 15 is 0 Å². The average molecular weight is 232 g/mol. The van der Waals surface area contributed by atoms with Crippen LogP contribution in [0.2, 0.25) is 0 Å². The third kappa shape index (κ3) is 1.21. The highest BCUT2D eigenvalue weighted by Gasteiger charge is 2.14. The van der Waals surface area contributed by atoms with Gasteiger partial charge in [-0.25, -0.2) is 4.98 Å². The third-order valence-electron chi connectivity index (χ3n) is 2.86. The second-order valence-corrected chi connectivity index (χ2v) is 4.76. The zero-order valence-electron chi connectivity index (χ0n) is 9.43. The molecule has 82 valence electrons. The highest BCUT2D eigenvalue weighted by Crippen LogP contribution is 2.26. The van der Waals surface area contributed by atoms with E-state index in [9.17, 15) is 0 Å². The summed E-state index contributed by atoms with van der Waals surface area (Å²) >= 11 is 1.65. The van der Waals surface area contributed by atoms with Crippen LogP contribution in [0.4, 0.5) is 0 Å². The van der Waals surface area contributed by atoms with Gasteiger partial charge in [0.15, 0.2) is 4.96 Å². The number of hydrogen-bond donors (Lipinski definition) is 0. The quantitative estimate of drug-likeness (QED) is 0.646. The summed E-state index contributed by atoms with van der Waals surface area (Å²) in [5.74, 6) is 0. The van der Waals surface area contributed by atoms with Crippen molar-refractivity contribution in [2.75, 3.05) is 0 Å². The van der Waals surface area contributed by atoms with Crippen LogP contribution in [0, 0.1) is 13.8 Å². The molecule has 16 heavy (non-hydrogen) atoms. The minimum absolute atomic E-state index is 1.01. The monoisotopic (exact) mass is 232 g/mol. The molecule has 3 aromatic rings. The molecule has 0 saturated heterocycles. The molecule has 0 N–H and O–H groups in total. The zero-order valence-corrected chi connectivity index (χ0v) is 10.2. The Hall–Kier alpha value is -1.62. The fourth-order valence-electron chi connectivity index (χ4n) is 1.99. The van der Waals surface area contributed by atoms with Crippen LogP contribution in [0.3, 0.4) is 0 Å². The Kier molecular flexibility index (Phi) is 1.91. The number of imidazole rings is 1. The molecular weight excluding hydrogens is 220 g/mol. The minimum Gasteiger partial charge on any atom is -0.297 e. The molecule has 0 aliphatic rings. The lowest BCUT2D eigenvalue weighted by Gasteiger charge is -1.96. The first-order valence-corrected chi connectivity index (χ1v) is 5.97. The predicted octanol–water partition coefficient (Wildman–Crippen LogP) is 2.41. The summed E-state index contributed by atoms with van der Waals surface area (Å²) in [6.07, 6.45) is 4.08. The molecule has 4 nitrogen and oxygen atoms in total. The normalized spacial score (nSPS) is 11.4. The molecule has 0 aliphatic carbocycles. The van der Waals surface area contributed by atoms with E-state index in [2.05, 4.69) is 23.2 Å². The number of fused-ring (bicyclic) bond motifs is 1. The van der Waals surface area contributed by atoms with E-state index in [4.69, 9.17) is 0 Å². The molecule has 0 atom stereocenters. The molecule has 0 saturated carbocycles. The van der Waals surface area contributed by atoms with E-state index < -0.39 is 0 Å². The Morgan fingerprint density at radius 1 is 1.31 bits per heavy atom. The van der Waals surface area contributed by atoms with Gasteiger partial charge in [-0.15, -0.1) is 11.3 Å². The van der Waals surface area contributed by atoms with Gasteiger partial charge in [-0.3, -0.25) is 9.08 Å². The lowest BCUT2D eigenvalue weighted by atomic mass is 10.1. The van der Waals surface area contributed by atoms with Crippen molar-refractivity contribution in [2.24, 2.45) is 7.05 Å². The van der Waals surface area contributed by atoms with E-state index in [-0.39, 0.29) is 0 Å². The van der Waals surface area contributed by atoms with Gasteiger partial charge in [0, 0.05) is 36.1 Å². The average Bonchev–Trinajstić information content (AvgIpc) is 2.82. The van der Waals surface area contributed by atoms with Gasteiger partial charge in [0.1, 0.15) is 0 Å². The fraction of sp³-hybridized carbons (Fsp3) is 0.273. The number of thiazole rings is 1. The summed E-state index contributed by atoms with van der Waals surface area (Å²) in [6.45, 7) is 4.10. The molecule has 0 spiro atoms. The van der Waals surface area contributed by atoms with Crippen LogP contribution in [0.25, 0.3) is 16.2 Å². The molecule has 0 unspecified atom stereocenters. The van der Waals surface area contributed by atoms with Gasteiger partial charge in [0.25, 0.3) is 0 Å². The summed E-state index contributed by atoms with van der Waals surface area (Å²) < 4.78 is 3.95. The van der Waals surface area contributed by atoms with Crippen molar-refractivity contribution in [1.82, 2.24) is 19.2 Å². The Morgan fingerprint density at radius 2 is 2.12 bits per heavy atom.